The summed E-state index contributed by atoms with van der Waals surface area (Å²) in [6.45, 7) is 2.93. The predicted octanol–water partition coefficient (Wildman–Crippen LogP) is 1.13. The first kappa shape index (κ1) is 11.0. The maximum absolute atomic E-state index is 8.98. The summed E-state index contributed by atoms with van der Waals surface area (Å²) in [5.74, 6) is 0. The van der Waals surface area contributed by atoms with Gasteiger partial charge in [0.25, 0.3) is 0 Å². The van der Waals surface area contributed by atoms with E-state index in [4.69, 9.17) is 10.8 Å². The fourth-order valence-corrected chi connectivity index (χ4v) is 1.29. The van der Waals surface area contributed by atoms with Crippen molar-refractivity contribution in [2.75, 3.05) is 12.3 Å². The van der Waals surface area contributed by atoms with E-state index in [2.05, 4.69) is 5.32 Å². The maximum Gasteiger partial charge on any atom is 0.0584 e. The lowest BCUT2D eigenvalue weighted by atomic mass is 10.1. The van der Waals surface area contributed by atoms with E-state index in [-0.39, 0.29) is 12.6 Å². The van der Waals surface area contributed by atoms with E-state index in [0.29, 0.717) is 6.54 Å². The van der Waals surface area contributed by atoms with Gasteiger partial charge in [0.2, 0.25) is 0 Å². The number of hydrogen-bond donors (Lipinski definition) is 3. The third kappa shape index (κ3) is 3.01. The maximum atomic E-state index is 8.98. The summed E-state index contributed by atoms with van der Waals surface area (Å²) in [7, 11) is 0. The summed E-state index contributed by atoms with van der Waals surface area (Å²) in [5, 5.41) is 12.2. The van der Waals surface area contributed by atoms with Gasteiger partial charge in [-0.25, -0.2) is 0 Å². The third-order valence-electron chi connectivity index (χ3n) is 2.35. The molecule has 4 N–H and O–H groups in total. The summed E-state index contributed by atoms with van der Waals surface area (Å²) < 4.78 is 0. The Morgan fingerprint density at radius 2 is 2.14 bits per heavy atom. The van der Waals surface area contributed by atoms with Gasteiger partial charge in [0.15, 0.2) is 0 Å². The fourth-order valence-electron chi connectivity index (χ4n) is 1.29. The van der Waals surface area contributed by atoms with Crippen LogP contribution in [0.1, 0.15) is 18.9 Å². The number of nitrogens with one attached hydrogen (secondary N) is 1. The Kier molecular flexibility index (Phi) is 4.43. The second kappa shape index (κ2) is 5.62. The van der Waals surface area contributed by atoms with Gasteiger partial charge in [-0.3, -0.25) is 0 Å². The lowest BCUT2D eigenvalue weighted by Crippen LogP contribution is -2.31. The Morgan fingerprint density at radius 3 is 2.71 bits per heavy atom. The summed E-state index contributed by atoms with van der Waals surface area (Å²) >= 11 is 0. The number of rotatable bonds is 5. The van der Waals surface area contributed by atoms with Crippen molar-refractivity contribution >= 4 is 5.69 Å². The van der Waals surface area contributed by atoms with Gasteiger partial charge in [0, 0.05) is 18.3 Å². The number of aliphatic hydroxyl groups is 1. The molecule has 0 aromatic heterocycles. The Labute approximate surface area is 84.9 Å². The van der Waals surface area contributed by atoms with E-state index >= 15 is 0 Å². The van der Waals surface area contributed by atoms with Crippen molar-refractivity contribution in [1.29, 1.82) is 0 Å². The van der Waals surface area contributed by atoms with Gasteiger partial charge in [-0.15, -0.1) is 0 Å². The number of anilines is 1. The molecule has 0 spiro atoms. The van der Waals surface area contributed by atoms with Crippen molar-refractivity contribution in [2.45, 2.75) is 25.9 Å². The number of aliphatic hydroxyl groups excluding tert-OH is 1. The molecular weight excluding hydrogens is 176 g/mol. The van der Waals surface area contributed by atoms with Crippen LogP contribution in [0.5, 0.6) is 0 Å². The number of nitrogen functional groups attached to an aromatic ring is 1. The molecule has 3 nitrogen and oxygen atoms in total. The summed E-state index contributed by atoms with van der Waals surface area (Å²) in [4.78, 5) is 0. The van der Waals surface area contributed by atoms with E-state index in [1.807, 2.05) is 31.2 Å². The van der Waals surface area contributed by atoms with Crippen LogP contribution in [0.25, 0.3) is 0 Å². The fraction of sp³-hybridized carbons (Fsp3) is 0.455. The zero-order valence-corrected chi connectivity index (χ0v) is 8.53. The average molecular weight is 194 g/mol. The van der Waals surface area contributed by atoms with Gasteiger partial charge in [-0.05, 0) is 18.1 Å². The van der Waals surface area contributed by atoms with Gasteiger partial charge in [-0.2, -0.15) is 0 Å². The second-order valence-corrected chi connectivity index (χ2v) is 3.37. The molecule has 0 radical (unpaired) electrons. The molecule has 0 saturated carbocycles. The Bertz CT molecular complexity index is 272. The molecule has 78 valence electrons. The lowest BCUT2D eigenvalue weighted by molar-refractivity contribution is 0.238. The Morgan fingerprint density at radius 1 is 1.43 bits per heavy atom. The van der Waals surface area contributed by atoms with Crippen molar-refractivity contribution in [3.63, 3.8) is 0 Å². The van der Waals surface area contributed by atoms with Crippen LogP contribution >= 0.6 is 0 Å². The summed E-state index contributed by atoms with van der Waals surface area (Å²) in [6.07, 6.45) is 0.920. The van der Waals surface area contributed by atoms with E-state index in [1.54, 1.807) is 0 Å². The minimum absolute atomic E-state index is 0.162. The SMILES string of the molecule is CC[C@H](CO)NCc1ccccc1N. The van der Waals surface area contributed by atoms with Gasteiger partial charge in [0.1, 0.15) is 0 Å². The molecule has 0 aliphatic heterocycles. The van der Waals surface area contributed by atoms with E-state index in [0.717, 1.165) is 17.7 Å². The van der Waals surface area contributed by atoms with Crippen molar-refractivity contribution in [3.05, 3.63) is 29.8 Å². The van der Waals surface area contributed by atoms with Crippen LogP contribution in [0, 0.1) is 0 Å². The lowest BCUT2D eigenvalue weighted by Gasteiger charge is -2.14. The topological polar surface area (TPSA) is 58.3 Å². The highest BCUT2D eigenvalue weighted by atomic mass is 16.3. The molecule has 0 amide bonds. The van der Waals surface area contributed by atoms with Crippen LogP contribution in [-0.2, 0) is 6.54 Å². The highest BCUT2D eigenvalue weighted by Crippen LogP contribution is 2.10. The molecule has 0 fully saturated rings. The molecule has 1 atom stereocenters. The average Bonchev–Trinajstić information content (AvgIpc) is 2.22. The molecule has 0 bridgehead atoms. The summed E-state index contributed by atoms with van der Waals surface area (Å²) in [5.41, 5.74) is 7.67. The van der Waals surface area contributed by atoms with Gasteiger partial charge >= 0.3 is 0 Å². The smallest absolute Gasteiger partial charge is 0.0584 e. The van der Waals surface area contributed by atoms with E-state index in [9.17, 15) is 0 Å². The minimum Gasteiger partial charge on any atom is -0.398 e. The Hall–Kier alpha value is -1.06. The molecule has 14 heavy (non-hydrogen) atoms. The molecule has 0 aliphatic rings. The van der Waals surface area contributed by atoms with Crippen LogP contribution < -0.4 is 11.1 Å². The first-order valence-corrected chi connectivity index (χ1v) is 4.95. The molecule has 3 heteroatoms. The van der Waals surface area contributed by atoms with Crippen molar-refractivity contribution in [1.82, 2.24) is 5.32 Å². The van der Waals surface area contributed by atoms with Crippen LogP contribution in [-0.4, -0.2) is 17.8 Å². The zero-order valence-electron chi connectivity index (χ0n) is 8.53. The number of benzene rings is 1. The molecule has 1 aromatic rings. The third-order valence-corrected chi connectivity index (χ3v) is 2.35. The zero-order chi connectivity index (χ0) is 10.4. The quantitative estimate of drug-likeness (QED) is 0.616. The molecule has 0 saturated heterocycles. The first-order valence-electron chi connectivity index (χ1n) is 4.95. The number of para-hydroxylation sites is 1. The van der Waals surface area contributed by atoms with Crippen molar-refractivity contribution in [2.24, 2.45) is 0 Å². The van der Waals surface area contributed by atoms with Crippen LogP contribution in [0.3, 0.4) is 0 Å². The van der Waals surface area contributed by atoms with Gasteiger partial charge in [0.05, 0.1) is 6.61 Å². The van der Waals surface area contributed by atoms with Crippen molar-refractivity contribution in [3.8, 4) is 0 Å². The van der Waals surface area contributed by atoms with Gasteiger partial charge in [-0.1, -0.05) is 25.1 Å². The first-order chi connectivity index (χ1) is 6.77. The van der Waals surface area contributed by atoms with Crippen LogP contribution in [0.4, 0.5) is 5.69 Å². The molecule has 0 unspecified atom stereocenters. The molecule has 1 aromatic carbocycles. The molecule has 0 heterocycles. The predicted molar refractivity (Wildman–Crippen MR) is 58.9 cm³/mol. The largest absolute Gasteiger partial charge is 0.398 e. The van der Waals surface area contributed by atoms with E-state index < -0.39 is 0 Å². The minimum atomic E-state index is 0.162. The standard InChI is InChI=1S/C11H18N2O/c1-2-10(8-14)13-7-9-5-3-4-6-11(9)12/h3-6,10,13-14H,2,7-8,12H2,1H3/t10-/m1/s1. The summed E-state index contributed by atoms with van der Waals surface area (Å²) in [6, 6.07) is 7.92. The van der Waals surface area contributed by atoms with Crippen LogP contribution in [0.2, 0.25) is 0 Å². The van der Waals surface area contributed by atoms with E-state index in [1.165, 1.54) is 0 Å². The Balaban J connectivity index is 2.49. The molecular formula is C11H18N2O. The molecule has 0 aliphatic carbocycles. The highest BCUT2D eigenvalue weighted by molar-refractivity contribution is 5.46. The van der Waals surface area contributed by atoms with Crippen molar-refractivity contribution < 1.29 is 5.11 Å². The molecule has 1 rings (SSSR count). The number of hydrogen-bond acceptors (Lipinski definition) is 3. The van der Waals surface area contributed by atoms with Gasteiger partial charge < -0.3 is 16.2 Å². The second-order valence-electron chi connectivity index (χ2n) is 3.37. The monoisotopic (exact) mass is 194 g/mol. The van der Waals surface area contributed by atoms with Crippen LogP contribution in [0.15, 0.2) is 24.3 Å². The normalized spacial score (nSPS) is 12.7. The highest BCUT2D eigenvalue weighted by Gasteiger charge is 2.04. The number of nitrogens with two attached hydrogens (primary N) is 1.